The van der Waals surface area contributed by atoms with Gasteiger partial charge in [-0.3, -0.25) is 4.99 Å². The number of nitrogens with two attached hydrogens (primary N) is 1. The molecule has 2 N–H and O–H groups in total. The van der Waals surface area contributed by atoms with Gasteiger partial charge in [0.25, 0.3) is 0 Å². The lowest BCUT2D eigenvalue weighted by molar-refractivity contribution is 1.10. The predicted molar refractivity (Wildman–Crippen MR) is 52.8 cm³/mol. The standard InChI is InChI=1S/C6H14N2S2/c1-3-6(7)8-4-5-10-9-2/h3-5H2,1-2H3,(H2,7,8). The Balaban J connectivity index is 3.16. The predicted octanol–water partition coefficient (Wildman–Crippen LogP) is 1.76. The molecule has 0 saturated carbocycles. The molecule has 4 heteroatoms. The molecule has 0 radical (unpaired) electrons. The van der Waals surface area contributed by atoms with Gasteiger partial charge in [-0.05, 0) is 6.26 Å². The SMILES string of the molecule is CCC(N)=NCCSSC. The van der Waals surface area contributed by atoms with E-state index in [2.05, 4.69) is 11.2 Å². The fourth-order valence-electron chi connectivity index (χ4n) is 0.422. The zero-order chi connectivity index (χ0) is 7.82. The Hall–Kier alpha value is 0.170. The molecule has 0 spiro atoms. The van der Waals surface area contributed by atoms with Crippen LogP contribution in [0.1, 0.15) is 13.3 Å². The second kappa shape index (κ2) is 7.28. The first-order valence-corrected chi connectivity index (χ1v) is 5.98. The van der Waals surface area contributed by atoms with Gasteiger partial charge in [0.2, 0.25) is 0 Å². The van der Waals surface area contributed by atoms with Crippen molar-refractivity contribution in [2.75, 3.05) is 18.6 Å². The van der Waals surface area contributed by atoms with Gasteiger partial charge in [0.1, 0.15) is 0 Å². The van der Waals surface area contributed by atoms with Crippen LogP contribution in [0.3, 0.4) is 0 Å². The summed E-state index contributed by atoms with van der Waals surface area (Å²) in [6, 6.07) is 0. The smallest absolute Gasteiger partial charge is 0.0934 e. The molecule has 0 unspecified atom stereocenters. The molecule has 0 rings (SSSR count). The van der Waals surface area contributed by atoms with E-state index in [1.807, 2.05) is 17.7 Å². The van der Waals surface area contributed by atoms with Gasteiger partial charge < -0.3 is 5.73 Å². The second-order valence-electron chi connectivity index (χ2n) is 1.72. The van der Waals surface area contributed by atoms with Crippen molar-refractivity contribution < 1.29 is 0 Å². The minimum atomic E-state index is 0.765. The minimum absolute atomic E-state index is 0.765. The van der Waals surface area contributed by atoms with Crippen LogP contribution in [-0.2, 0) is 0 Å². The van der Waals surface area contributed by atoms with E-state index in [0.29, 0.717) is 0 Å². The van der Waals surface area contributed by atoms with Gasteiger partial charge in [-0.2, -0.15) is 0 Å². The minimum Gasteiger partial charge on any atom is -0.387 e. The normalized spacial score (nSPS) is 12.0. The lowest BCUT2D eigenvalue weighted by Crippen LogP contribution is -2.10. The third kappa shape index (κ3) is 6.29. The second-order valence-corrected chi connectivity index (χ2v) is 4.40. The molecule has 0 aromatic carbocycles. The first-order chi connectivity index (χ1) is 4.81. The first kappa shape index (κ1) is 10.2. The number of hydrogen-bond acceptors (Lipinski definition) is 3. The van der Waals surface area contributed by atoms with E-state index < -0.39 is 0 Å². The molecular weight excluding hydrogens is 164 g/mol. The third-order valence-corrected chi connectivity index (χ3v) is 2.76. The Morgan fingerprint density at radius 3 is 2.80 bits per heavy atom. The fourth-order valence-corrected chi connectivity index (χ4v) is 1.48. The highest BCUT2D eigenvalue weighted by molar-refractivity contribution is 8.76. The fraction of sp³-hybridized carbons (Fsp3) is 0.833. The number of aliphatic imine (C=N–C) groups is 1. The van der Waals surface area contributed by atoms with Gasteiger partial charge in [-0.1, -0.05) is 28.5 Å². The molecule has 2 nitrogen and oxygen atoms in total. The van der Waals surface area contributed by atoms with Gasteiger partial charge in [0.05, 0.1) is 12.4 Å². The van der Waals surface area contributed by atoms with Crippen molar-refractivity contribution in [1.29, 1.82) is 0 Å². The van der Waals surface area contributed by atoms with Crippen LogP contribution in [0.15, 0.2) is 4.99 Å². The zero-order valence-corrected chi connectivity index (χ0v) is 8.10. The summed E-state index contributed by atoms with van der Waals surface area (Å²) in [6.07, 6.45) is 2.93. The highest BCUT2D eigenvalue weighted by Crippen LogP contribution is 2.15. The van der Waals surface area contributed by atoms with E-state index in [0.717, 1.165) is 24.6 Å². The van der Waals surface area contributed by atoms with Gasteiger partial charge in [-0.15, -0.1) is 0 Å². The van der Waals surface area contributed by atoms with Crippen LogP contribution in [0.2, 0.25) is 0 Å². The zero-order valence-electron chi connectivity index (χ0n) is 6.46. The van der Waals surface area contributed by atoms with E-state index in [-0.39, 0.29) is 0 Å². The Kier molecular flexibility index (Phi) is 7.40. The van der Waals surface area contributed by atoms with Gasteiger partial charge in [-0.25, -0.2) is 0 Å². The van der Waals surface area contributed by atoms with Crippen LogP contribution in [0.25, 0.3) is 0 Å². The number of rotatable bonds is 5. The lowest BCUT2D eigenvalue weighted by Gasteiger charge is -1.94. The molecule has 0 heterocycles. The van der Waals surface area contributed by atoms with Crippen molar-refractivity contribution in [3.05, 3.63) is 0 Å². The van der Waals surface area contributed by atoms with Gasteiger partial charge in [0.15, 0.2) is 0 Å². The molecule has 0 bridgehead atoms. The molecule has 0 fully saturated rings. The molecule has 10 heavy (non-hydrogen) atoms. The molecule has 0 aliphatic carbocycles. The number of amidine groups is 1. The van der Waals surface area contributed by atoms with Crippen LogP contribution in [-0.4, -0.2) is 24.4 Å². The van der Waals surface area contributed by atoms with Crippen LogP contribution in [0.4, 0.5) is 0 Å². The summed E-state index contributed by atoms with van der Waals surface area (Å²) in [6.45, 7) is 2.87. The maximum Gasteiger partial charge on any atom is 0.0934 e. The first-order valence-electron chi connectivity index (χ1n) is 3.25. The summed E-state index contributed by atoms with van der Waals surface area (Å²) in [7, 11) is 3.58. The summed E-state index contributed by atoms with van der Waals surface area (Å²) in [5, 5.41) is 0. The molecule has 0 saturated heterocycles. The molecule has 0 aliphatic heterocycles. The highest BCUT2D eigenvalue weighted by Gasteiger charge is 1.86. The van der Waals surface area contributed by atoms with Crippen LogP contribution in [0, 0.1) is 0 Å². The maximum atomic E-state index is 5.49. The van der Waals surface area contributed by atoms with Crippen LogP contribution < -0.4 is 5.73 Å². The summed E-state index contributed by atoms with van der Waals surface area (Å²) in [5.74, 6) is 1.82. The van der Waals surface area contributed by atoms with Crippen molar-refractivity contribution in [2.24, 2.45) is 10.7 Å². The van der Waals surface area contributed by atoms with Crippen LogP contribution >= 0.6 is 21.6 Å². The van der Waals surface area contributed by atoms with E-state index in [9.17, 15) is 0 Å². The topological polar surface area (TPSA) is 38.4 Å². The Morgan fingerprint density at radius 2 is 2.30 bits per heavy atom. The summed E-state index contributed by atoms with van der Waals surface area (Å²) in [5.41, 5.74) is 5.49. The Morgan fingerprint density at radius 1 is 1.60 bits per heavy atom. The van der Waals surface area contributed by atoms with Crippen molar-refractivity contribution >= 4 is 27.4 Å². The van der Waals surface area contributed by atoms with Crippen molar-refractivity contribution in [1.82, 2.24) is 0 Å². The van der Waals surface area contributed by atoms with Gasteiger partial charge in [0, 0.05) is 12.2 Å². The summed E-state index contributed by atoms with van der Waals surface area (Å²) < 4.78 is 0. The monoisotopic (exact) mass is 178 g/mol. The molecule has 0 aliphatic rings. The quantitative estimate of drug-likeness (QED) is 0.302. The third-order valence-electron chi connectivity index (χ3n) is 0.970. The summed E-state index contributed by atoms with van der Waals surface area (Å²) in [4.78, 5) is 4.14. The van der Waals surface area contributed by atoms with E-state index in [1.54, 1.807) is 10.8 Å². The molecule has 0 atom stereocenters. The molecule has 60 valence electrons. The Bertz CT molecular complexity index is 104. The van der Waals surface area contributed by atoms with Crippen LogP contribution in [0.5, 0.6) is 0 Å². The highest BCUT2D eigenvalue weighted by atomic mass is 33.1. The largest absolute Gasteiger partial charge is 0.387 e. The lowest BCUT2D eigenvalue weighted by atomic mass is 10.4. The Labute approximate surface area is 70.4 Å². The van der Waals surface area contributed by atoms with Crippen molar-refractivity contribution in [3.8, 4) is 0 Å². The van der Waals surface area contributed by atoms with Crippen molar-refractivity contribution in [3.63, 3.8) is 0 Å². The van der Waals surface area contributed by atoms with Crippen molar-refractivity contribution in [2.45, 2.75) is 13.3 Å². The maximum absolute atomic E-state index is 5.49. The molecular formula is C6H14N2S2. The number of hydrogen-bond donors (Lipinski definition) is 1. The molecule has 0 aromatic rings. The van der Waals surface area contributed by atoms with E-state index in [1.165, 1.54) is 0 Å². The molecule has 0 aromatic heterocycles. The van der Waals surface area contributed by atoms with E-state index >= 15 is 0 Å². The van der Waals surface area contributed by atoms with Gasteiger partial charge >= 0.3 is 0 Å². The average Bonchev–Trinajstić information content (AvgIpc) is 1.98. The molecule has 0 amide bonds. The summed E-state index contributed by atoms with van der Waals surface area (Å²) >= 11 is 0. The average molecular weight is 178 g/mol. The number of nitrogens with zero attached hydrogens (tertiary/aromatic N) is 1. The van der Waals surface area contributed by atoms with E-state index in [4.69, 9.17) is 5.73 Å².